The van der Waals surface area contributed by atoms with Crippen molar-refractivity contribution >= 4 is 16.7 Å². The summed E-state index contributed by atoms with van der Waals surface area (Å²) >= 11 is 0. The van der Waals surface area contributed by atoms with Crippen LogP contribution in [-0.4, -0.2) is 18.2 Å². The number of esters is 1. The third-order valence-electron chi connectivity index (χ3n) is 3.71. The lowest BCUT2D eigenvalue weighted by Gasteiger charge is -2.09. The van der Waals surface area contributed by atoms with Crippen molar-refractivity contribution in [3.63, 3.8) is 0 Å². The molecule has 3 rings (SSSR count). The van der Waals surface area contributed by atoms with Crippen LogP contribution in [0.25, 0.3) is 10.8 Å². The van der Waals surface area contributed by atoms with Crippen molar-refractivity contribution in [1.82, 2.24) is 0 Å². The summed E-state index contributed by atoms with van der Waals surface area (Å²) < 4.78 is 23.6. The number of methoxy groups -OCH3 is 1. The molecular formula is C19H15FO4. The summed E-state index contributed by atoms with van der Waals surface area (Å²) in [6.07, 6.45) is 0. The molecule has 3 aromatic carbocycles. The number of benzene rings is 3. The van der Waals surface area contributed by atoms with Crippen molar-refractivity contribution < 1.29 is 23.8 Å². The normalized spacial score (nSPS) is 10.6. The van der Waals surface area contributed by atoms with Crippen LogP contribution in [0.4, 0.5) is 4.39 Å². The van der Waals surface area contributed by atoms with E-state index in [1.807, 2.05) is 12.1 Å². The topological polar surface area (TPSA) is 55.8 Å². The number of hydrogen-bond acceptors (Lipinski definition) is 4. The smallest absolute Gasteiger partial charge is 0.342 e. The molecule has 4 nitrogen and oxygen atoms in total. The quantitative estimate of drug-likeness (QED) is 0.735. The van der Waals surface area contributed by atoms with Gasteiger partial charge < -0.3 is 14.6 Å². The van der Waals surface area contributed by atoms with E-state index < -0.39 is 11.8 Å². The Morgan fingerprint density at radius 3 is 2.67 bits per heavy atom. The van der Waals surface area contributed by atoms with Gasteiger partial charge in [0.15, 0.2) is 11.6 Å². The second-order valence-electron chi connectivity index (χ2n) is 5.23. The van der Waals surface area contributed by atoms with E-state index in [1.165, 1.54) is 25.3 Å². The Labute approximate surface area is 138 Å². The highest BCUT2D eigenvalue weighted by molar-refractivity contribution is 6.01. The van der Waals surface area contributed by atoms with Gasteiger partial charge in [-0.1, -0.05) is 36.4 Å². The van der Waals surface area contributed by atoms with Gasteiger partial charge in [0.1, 0.15) is 17.9 Å². The Kier molecular flexibility index (Phi) is 4.33. The van der Waals surface area contributed by atoms with Gasteiger partial charge >= 0.3 is 5.97 Å². The zero-order valence-electron chi connectivity index (χ0n) is 13.0. The molecule has 5 heteroatoms. The molecule has 0 unspecified atom stereocenters. The molecule has 0 aliphatic carbocycles. The van der Waals surface area contributed by atoms with Gasteiger partial charge in [-0.2, -0.15) is 0 Å². The number of rotatable bonds is 4. The van der Waals surface area contributed by atoms with E-state index in [0.717, 1.165) is 5.39 Å². The first-order valence-electron chi connectivity index (χ1n) is 7.30. The van der Waals surface area contributed by atoms with Crippen molar-refractivity contribution in [2.75, 3.05) is 7.11 Å². The molecule has 0 aromatic heterocycles. The zero-order chi connectivity index (χ0) is 17.1. The Hall–Kier alpha value is -3.08. The highest BCUT2D eigenvalue weighted by Gasteiger charge is 2.15. The van der Waals surface area contributed by atoms with Crippen LogP contribution in [-0.2, 0) is 11.3 Å². The van der Waals surface area contributed by atoms with Gasteiger partial charge in [0.25, 0.3) is 0 Å². The Morgan fingerprint density at radius 1 is 1.12 bits per heavy atom. The summed E-state index contributed by atoms with van der Waals surface area (Å²) in [7, 11) is 1.38. The number of carbonyl (C=O) groups excluding carboxylic acids is 1. The highest BCUT2D eigenvalue weighted by Crippen LogP contribution is 2.29. The number of phenolic OH excluding ortho intramolecular Hbond substituents is 1. The SMILES string of the molecule is COc1ccc(COC(=O)c2ccc3ccccc3c2O)cc1F. The Morgan fingerprint density at radius 2 is 1.92 bits per heavy atom. The molecule has 0 saturated carbocycles. The second-order valence-corrected chi connectivity index (χ2v) is 5.23. The van der Waals surface area contributed by atoms with Gasteiger partial charge in [0.2, 0.25) is 0 Å². The summed E-state index contributed by atoms with van der Waals surface area (Å²) in [5.74, 6) is -1.20. The minimum absolute atomic E-state index is 0.0719. The predicted octanol–water partition coefficient (Wildman–Crippen LogP) is 4.05. The van der Waals surface area contributed by atoms with Crippen LogP contribution < -0.4 is 4.74 Å². The fraction of sp³-hybridized carbons (Fsp3) is 0.105. The maximum absolute atomic E-state index is 13.6. The first-order chi connectivity index (χ1) is 11.6. The molecule has 0 spiro atoms. The summed E-state index contributed by atoms with van der Waals surface area (Å²) in [5.41, 5.74) is 0.560. The third kappa shape index (κ3) is 3.01. The molecule has 0 radical (unpaired) electrons. The number of hydrogen-bond donors (Lipinski definition) is 1. The lowest BCUT2D eigenvalue weighted by atomic mass is 10.1. The Bertz CT molecular complexity index is 905. The van der Waals surface area contributed by atoms with Crippen molar-refractivity contribution in [2.45, 2.75) is 6.61 Å². The van der Waals surface area contributed by atoms with Crippen molar-refractivity contribution in [3.8, 4) is 11.5 Å². The molecule has 0 atom stereocenters. The lowest BCUT2D eigenvalue weighted by Crippen LogP contribution is -2.06. The molecule has 3 aromatic rings. The van der Waals surface area contributed by atoms with E-state index in [-0.39, 0.29) is 23.7 Å². The first-order valence-corrected chi connectivity index (χ1v) is 7.30. The second kappa shape index (κ2) is 6.58. The Balaban J connectivity index is 1.78. The number of carbonyl (C=O) groups is 1. The van der Waals surface area contributed by atoms with Crippen LogP contribution in [0.15, 0.2) is 54.6 Å². The molecule has 0 fully saturated rings. The van der Waals surface area contributed by atoms with E-state index in [9.17, 15) is 14.3 Å². The maximum atomic E-state index is 13.6. The molecular weight excluding hydrogens is 311 g/mol. The van der Waals surface area contributed by atoms with Gasteiger partial charge in [-0.15, -0.1) is 0 Å². The zero-order valence-corrected chi connectivity index (χ0v) is 13.0. The van der Waals surface area contributed by atoms with Gasteiger partial charge in [-0.3, -0.25) is 0 Å². The number of fused-ring (bicyclic) bond motifs is 1. The summed E-state index contributed by atoms with van der Waals surface area (Å²) in [4.78, 5) is 12.2. The van der Waals surface area contributed by atoms with Crippen LogP contribution in [0.1, 0.15) is 15.9 Å². The van der Waals surface area contributed by atoms with Crippen molar-refractivity contribution in [2.24, 2.45) is 0 Å². The van der Waals surface area contributed by atoms with E-state index in [1.54, 1.807) is 24.3 Å². The summed E-state index contributed by atoms with van der Waals surface area (Å²) in [6.45, 7) is -0.105. The fourth-order valence-corrected chi connectivity index (χ4v) is 2.45. The van der Waals surface area contributed by atoms with Gasteiger partial charge in [-0.25, -0.2) is 9.18 Å². The van der Waals surface area contributed by atoms with E-state index in [0.29, 0.717) is 10.9 Å². The average molecular weight is 326 g/mol. The maximum Gasteiger partial charge on any atom is 0.342 e. The van der Waals surface area contributed by atoms with Crippen molar-refractivity contribution in [1.29, 1.82) is 0 Å². The number of halogens is 1. The van der Waals surface area contributed by atoms with Gasteiger partial charge in [-0.05, 0) is 29.1 Å². The van der Waals surface area contributed by atoms with Crippen LogP contribution >= 0.6 is 0 Å². The molecule has 0 bridgehead atoms. The fourth-order valence-electron chi connectivity index (χ4n) is 2.45. The average Bonchev–Trinajstić information content (AvgIpc) is 2.60. The number of ether oxygens (including phenoxy) is 2. The minimum atomic E-state index is -0.672. The number of aromatic hydroxyl groups is 1. The predicted molar refractivity (Wildman–Crippen MR) is 87.7 cm³/mol. The molecule has 0 aliphatic rings. The van der Waals surface area contributed by atoms with Crippen LogP contribution in [0.3, 0.4) is 0 Å². The summed E-state index contributed by atoms with van der Waals surface area (Å²) in [6, 6.07) is 14.7. The molecule has 24 heavy (non-hydrogen) atoms. The molecule has 122 valence electrons. The molecule has 0 amide bonds. The summed E-state index contributed by atoms with van der Waals surface area (Å²) in [5, 5.41) is 11.6. The monoisotopic (exact) mass is 326 g/mol. The van der Waals surface area contributed by atoms with Crippen LogP contribution in [0.5, 0.6) is 11.5 Å². The van der Waals surface area contributed by atoms with E-state index >= 15 is 0 Å². The lowest BCUT2D eigenvalue weighted by molar-refractivity contribution is 0.0469. The molecule has 0 aliphatic heterocycles. The number of phenols is 1. The third-order valence-corrected chi connectivity index (χ3v) is 3.71. The minimum Gasteiger partial charge on any atom is -0.506 e. The largest absolute Gasteiger partial charge is 0.506 e. The van der Waals surface area contributed by atoms with Crippen LogP contribution in [0.2, 0.25) is 0 Å². The molecule has 1 N–H and O–H groups in total. The first kappa shape index (κ1) is 15.8. The molecule has 0 saturated heterocycles. The highest BCUT2D eigenvalue weighted by atomic mass is 19.1. The standard InChI is InChI=1S/C19H15FO4/c1-23-17-9-6-12(10-16(17)20)11-24-19(22)15-8-7-13-4-2-3-5-14(13)18(15)21/h2-10,21H,11H2,1H3. The van der Waals surface area contributed by atoms with E-state index in [2.05, 4.69) is 0 Å². The van der Waals surface area contributed by atoms with Gasteiger partial charge in [0.05, 0.1) is 7.11 Å². The van der Waals surface area contributed by atoms with E-state index in [4.69, 9.17) is 9.47 Å². The van der Waals surface area contributed by atoms with Crippen molar-refractivity contribution in [3.05, 3.63) is 71.5 Å². The van der Waals surface area contributed by atoms with Gasteiger partial charge in [0, 0.05) is 5.39 Å². The molecule has 0 heterocycles. The van der Waals surface area contributed by atoms with Crippen LogP contribution in [0, 0.1) is 5.82 Å².